The number of nitrogens with zero attached hydrogens (tertiary/aromatic N) is 2. The maximum Gasteiger partial charge on any atom is 0.241 e. The highest BCUT2D eigenvalue weighted by atomic mass is 32.2. The number of carbonyl (C=O) groups is 2. The van der Waals surface area contributed by atoms with Crippen LogP contribution in [0.25, 0.3) is 0 Å². The Hall–Kier alpha value is -1.97. The molecule has 0 aliphatic carbocycles. The molecule has 27 heavy (non-hydrogen) atoms. The highest BCUT2D eigenvalue weighted by molar-refractivity contribution is 7.88. The van der Waals surface area contributed by atoms with Crippen LogP contribution in [-0.2, 0) is 19.6 Å². The number of anilines is 2. The van der Waals surface area contributed by atoms with Crippen LogP contribution in [0.3, 0.4) is 0 Å². The van der Waals surface area contributed by atoms with Crippen molar-refractivity contribution in [1.82, 2.24) is 9.62 Å². The quantitative estimate of drug-likeness (QED) is 0.786. The van der Waals surface area contributed by atoms with E-state index in [1.165, 1.54) is 0 Å². The Morgan fingerprint density at radius 1 is 1.26 bits per heavy atom. The molecule has 148 valence electrons. The predicted molar refractivity (Wildman–Crippen MR) is 104 cm³/mol. The minimum Gasteiger partial charge on any atom is -0.324 e. The second-order valence-corrected chi connectivity index (χ2v) is 9.10. The number of nitrogens with one attached hydrogen (secondary N) is 2. The van der Waals surface area contributed by atoms with Crippen LogP contribution in [0.15, 0.2) is 24.3 Å². The number of benzene rings is 1. The van der Waals surface area contributed by atoms with Crippen LogP contribution in [0.2, 0.25) is 0 Å². The topological polar surface area (TPSA) is 98.8 Å². The van der Waals surface area contributed by atoms with Gasteiger partial charge in [-0.05, 0) is 31.9 Å². The third-order valence-corrected chi connectivity index (χ3v) is 5.72. The van der Waals surface area contributed by atoms with Crippen LogP contribution in [0.5, 0.6) is 0 Å². The molecule has 0 spiro atoms. The average Bonchev–Trinajstić information content (AvgIpc) is 2.69. The Bertz CT molecular complexity index is 818. The summed E-state index contributed by atoms with van der Waals surface area (Å²) in [5.74, 6) is -0.154. The molecule has 1 fully saturated rings. The van der Waals surface area contributed by atoms with E-state index in [-0.39, 0.29) is 36.9 Å². The molecule has 1 saturated heterocycles. The minimum atomic E-state index is -3.21. The van der Waals surface area contributed by atoms with Gasteiger partial charge in [-0.1, -0.05) is 12.1 Å². The van der Waals surface area contributed by atoms with Gasteiger partial charge in [-0.25, -0.2) is 13.1 Å². The van der Waals surface area contributed by atoms with Gasteiger partial charge in [-0.3, -0.25) is 14.5 Å². The van der Waals surface area contributed by atoms with E-state index in [0.29, 0.717) is 31.6 Å². The molecule has 1 aromatic carbocycles. The fraction of sp³-hybridized carbons (Fsp3) is 0.556. The van der Waals surface area contributed by atoms with Crippen molar-refractivity contribution in [3.05, 3.63) is 24.3 Å². The zero-order valence-corrected chi connectivity index (χ0v) is 16.5. The van der Waals surface area contributed by atoms with Gasteiger partial charge in [0, 0.05) is 31.6 Å². The summed E-state index contributed by atoms with van der Waals surface area (Å²) in [6, 6.07) is 7.02. The number of carbonyl (C=O) groups excluding carboxylic acids is 2. The normalized spacial score (nSPS) is 22.1. The van der Waals surface area contributed by atoms with Crippen LogP contribution >= 0.6 is 0 Å². The van der Waals surface area contributed by atoms with Gasteiger partial charge < -0.3 is 10.2 Å². The van der Waals surface area contributed by atoms with E-state index in [1.54, 1.807) is 11.0 Å². The second-order valence-electron chi connectivity index (χ2n) is 7.32. The molecule has 0 bridgehead atoms. The molecule has 2 aliphatic rings. The number of sulfonamides is 1. The van der Waals surface area contributed by atoms with E-state index in [1.807, 2.05) is 30.0 Å². The number of piperidine rings is 1. The van der Waals surface area contributed by atoms with E-state index < -0.39 is 10.0 Å². The summed E-state index contributed by atoms with van der Waals surface area (Å²) in [6.07, 6.45) is 2.76. The zero-order valence-electron chi connectivity index (χ0n) is 15.6. The molecule has 0 saturated carbocycles. The van der Waals surface area contributed by atoms with Crippen LogP contribution in [0.1, 0.15) is 26.2 Å². The molecule has 0 aromatic heterocycles. The maximum atomic E-state index is 13.0. The summed E-state index contributed by atoms with van der Waals surface area (Å²) in [5.41, 5.74) is 1.37. The van der Waals surface area contributed by atoms with Gasteiger partial charge >= 0.3 is 0 Å². The Morgan fingerprint density at radius 2 is 1.93 bits per heavy atom. The molecule has 9 heteroatoms. The number of fused-ring (bicyclic) bond motifs is 1. The third-order valence-electron chi connectivity index (χ3n) is 4.96. The molecular formula is C18H26N4O4S. The predicted octanol–water partition coefficient (Wildman–Crippen LogP) is 0.764. The van der Waals surface area contributed by atoms with Crippen molar-refractivity contribution < 1.29 is 18.0 Å². The first kappa shape index (κ1) is 19.8. The first-order valence-corrected chi connectivity index (χ1v) is 11.0. The van der Waals surface area contributed by atoms with Crippen LogP contribution in [-0.4, -0.2) is 63.1 Å². The third kappa shape index (κ3) is 5.06. The lowest BCUT2D eigenvalue weighted by Crippen LogP contribution is -2.49. The number of amides is 2. The summed E-state index contributed by atoms with van der Waals surface area (Å²) in [5, 5.41) is 2.86. The van der Waals surface area contributed by atoms with Gasteiger partial charge in [0.15, 0.2) is 0 Å². The molecule has 3 rings (SSSR count). The fourth-order valence-electron chi connectivity index (χ4n) is 3.75. The van der Waals surface area contributed by atoms with Crippen LogP contribution < -0.4 is 14.9 Å². The summed E-state index contributed by atoms with van der Waals surface area (Å²) in [7, 11) is -3.21. The summed E-state index contributed by atoms with van der Waals surface area (Å²) in [4.78, 5) is 28.8. The van der Waals surface area contributed by atoms with Crippen molar-refractivity contribution in [1.29, 1.82) is 0 Å². The maximum absolute atomic E-state index is 13.0. The van der Waals surface area contributed by atoms with Crippen molar-refractivity contribution >= 4 is 33.2 Å². The van der Waals surface area contributed by atoms with Gasteiger partial charge in [-0.2, -0.15) is 0 Å². The summed E-state index contributed by atoms with van der Waals surface area (Å²) < 4.78 is 25.3. The van der Waals surface area contributed by atoms with Crippen molar-refractivity contribution in [3.8, 4) is 0 Å². The molecule has 2 amide bonds. The SMILES string of the molecule is CC1CC(=O)Nc2ccccc2N1C(=O)CN1CCC(NS(C)(=O)=O)CC1. The molecular weight excluding hydrogens is 368 g/mol. The molecule has 1 unspecified atom stereocenters. The number of hydrogen-bond donors (Lipinski definition) is 2. The number of likely N-dealkylation sites (tertiary alicyclic amines) is 1. The number of rotatable bonds is 4. The standard InChI is InChI=1S/C18H26N4O4S/c1-13-11-17(23)19-15-5-3-4-6-16(15)22(13)18(24)12-21-9-7-14(8-10-21)20-27(2,25)26/h3-6,13-14,20H,7-12H2,1-2H3,(H,19,23). The highest BCUT2D eigenvalue weighted by Crippen LogP contribution is 2.31. The summed E-state index contributed by atoms with van der Waals surface area (Å²) in [6.45, 7) is 3.43. The molecule has 2 N–H and O–H groups in total. The van der Waals surface area contributed by atoms with E-state index in [0.717, 1.165) is 11.9 Å². The first-order chi connectivity index (χ1) is 12.7. The van der Waals surface area contributed by atoms with E-state index in [4.69, 9.17) is 0 Å². The Morgan fingerprint density at radius 3 is 2.59 bits per heavy atom. The van der Waals surface area contributed by atoms with Gasteiger partial charge in [0.25, 0.3) is 0 Å². The van der Waals surface area contributed by atoms with E-state index in [9.17, 15) is 18.0 Å². The number of para-hydroxylation sites is 2. The highest BCUT2D eigenvalue weighted by Gasteiger charge is 2.31. The zero-order chi connectivity index (χ0) is 19.6. The van der Waals surface area contributed by atoms with Gasteiger partial charge in [0.1, 0.15) is 0 Å². The van der Waals surface area contributed by atoms with Crippen molar-refractivity contribution in [2.24, 2.45) is 0 Å². The molecule has 2 heterocycles. The lowest BCUT2D eigenvalue weighted by Gasteiger charge is -2.34. The lowest BCUT2D eigenvalue weighted by molar-refractivity contribution is -0.120. The fourth-order valence-corrected chi connectivity index (χ4v) is 4.59. The molecule has 1 atom stereocenters. The monoisotopic (exact) mass is 394 g/mol. The Labute approximate surface area is 160 Å². The van der Waals surface area contributed by atoms with Crippen LogP contribution in [0.4, 0.5) is 11.4 Å². The smallest absolute Gasteiger partial charge is 0.241 e. The van der Waals surface area contributed by atoms with Gasteiger partial charge in [0.05, 0.1) is 24.2 Å². The molecule has 1 aromatic rings. The number of hydrogen-bond acceptors (Lipinski definition) is 5. The average molecular weight is 394 g/mol. The first-order valence-electron chi connectivity index (χ1n) is 9.13. The lowest BCUT2D eigenvalue weighted by atomic mass is 10.1. The Balaban J connectivity index is 1.67. The minimum absolute atomic E-state index is 0.0547. The summed E-state index contributed by atoms with van der Waals surface area (Å²) >= 11 is 0. The van der Waals surface area contributed by atoms with Gasteiger partial charge in [0.2, 0.25) is 21.8 Å². The van der Waals surface area contributed by atoms with Crippen molar-refractivity contribution in [2.75, 3.05) is 36.1 Å². The van der Waals surface area contributed by atoms with Crippen LogP contribution in [0, 0.1) is 0 Å². The van der Waals surface area contributed by atoms with Crippen molar-refractivity contribution in [2.45, 2.75) is 38.3 Å². The molecule has 0 radical (unpaired) electrons. The largest absolute Gasteiger partial charge is 0.324 e. The van der Waals surface area contributed by atoms with Gasteiger partial charge in [-0.15, -0.1) is 0 Å². The molecule has 8 nitrogen and oxygen atoms in total. The molecule has 2 aliphatic heterocycles. The van der Waals surface area contributed by atoms with E-state index >= 15 is 0 Å². The van der Waals surface area contributed by atoms with Crippen molar-refractivity contribution in [3.63, 3.8) is 0 Å². The Kier molecular flexibility index (Phi) is 5.83. The second kappa shape index (κ2) is 7.95. The van der Waals surface area contributed by atoms with E-state index in [2.05, 4.69) is 10.0 Å².